The van der Waals surface area contributed by atoms with Crippen LogP contribution in [0.5, 0.6) is 0 Å². The first-order chi connectivity index (χ1) is 8.20. The van der Waals surface area contributed by atoms with Crippen molar-refractivity contribution in [3.05, 3.63) is 33.4 Å². The quantitative estimate of drug-likeness (QED) is 0.647. The summed E-state index contributed by atoms with van der Waals surface area (Å²) in [4.78, 5) is 10.5. The van der Waals surface area contributed by atoms with Crippen LogP contribution in [0.4, 0.5) is 11.4 Å². The number of rotatable bonds is 4. The van der Waals surface area contributed by atoms with Gasteiger partial charge in [-0.2, -0.15) is 0 Å². The zero-order valence-electron chi connectivity index (χ0n) is 11.8. The molecule has 1 rings (SSSR count). The molecule has 0 aliphatic rings. The highest BCUT2D eigenvalue weighted by Crippen LogP contribution is 2.26. The third-order valence-corrected chi connectivity index (χ3v) is 2.93. The zero-order chi connectivity index (χ0) is 13.9. The number of nitrogens with zero attached hydrogens (tertiary/aromatic N) is 1. The molecule has 0 aliphatic heterocycles. The number of nitro groups is 1. The van der Waals surface area contributed by atoms with E-state index in [0.717, 1.165) is 24.2 Å². The molecular weight excluding hydrogens is 228 g/mol. The summed E-state index contributed by atoms with van der Waals surface area (Å²) in [6, 6.07) is 3.49. The first-order valence-electron chi connectivity index (χ1n) is 6.20. The Morgan fingerprint density at radius 3 is 2.33 bits per heavy atom. The van der Waals surface area contributed by atoms with E-state index in [1.807, 2.05) is 13.0 Å². The minimum Gasteiger partial charge on any atom is -0.385 e. The maximum Gasteiger partial charge on any atom is 0.272 e. The van der Waals surface area contributed by atoms with Gasteiger partial charge < -0.3 is 5.32 Å². The van der Waals surface area contributed by atoms with E-state index < -0.39 is 0 Å². The molecule has 0 unspecified atom stereocenters. The van der Waals surface area contributed by atoms with Crippen molar-refractivity contribution >= 4 is 11.4 Å². The second kappa shape index (κ2) is 5.38. The molecule has 0 bridgehead atoms. The third-order valence-electron chi connectivity index (χ3n) is 2.93. The lowest BCUT2D eigenvalue weighted by Gasteiger charge is -2.19. The predicted molar refractivity (Wildman–Crippen MR) is 75.1 cm³/mol. The fourth-order valence-electron chi connectivity index (χ4n) is 1.76. The molecule has 0 fully saturated rings. The molecule has 4 nitrogen and oxygen atoms in total. The van der Waals surface area contributed by atoms with Crippen LogP contribution in [0.25, 0.3) is 0 Å². The van der Waals surface area contributed by atoms with E-state index in [4.69, 9.17) is 0 Å². The van der Waals surface area contributed by atoms with Crippen molar-refractivity contribution in [1.82, 2.24) is 0 Å². The molecule has 0 aromatic heterocycles. The van der Waals surface area contributed by atoms with Gasteiger partial charge in [-0.15, -0.1) is 0 Å². The molecule has 0 radical (unpaired) electrons. The van der Waals surface area contributed by atoms with Gasteiger partial charge in [-0.25, -0.2) is 0 Å². The monoisotopic (exact) mass is 250 g/mol. The summed E-state index contributed by atoms with van der Waals surface area (Å²) in [5.41, 5.74) is 3.08. The summed E-state index contributed by atoms with van der Waals surface area (Å²) in [7, 11) is 0. The maximum absolute atomic E-state index is 10.8. The molecule has 4 heteroatoms. The van der Waals surface area contributed by atoms with Crippen molar-refractivity contribution < 1.29 is 4.92 Å². The Morgan fingerprint density at radius 1 is 1.22 bits per heavy atom. The first-order valence-corrected chi connectivity index (χ1v) is 6.20. The van der Waals surface area contributed by atoms with E-state index >= 15 is 0 Å². The van der Waals surface area contributed by atoms with Crippen molar-refractivity contribution in [2.24, 2.45) is 5.41 Å². The Balaban J connectivity index is 2.79. The topological polar surface area (TPSA) is 55.2 Å². The number of nitro benzene ring substituents is 1. The van der Waals surface area contributed by atoms with Gasteiger partial charge in [-0.05, 0) is 37.3 Å². The van der Waals surface area contributed by atoms with Crippen molar-refractivity contribution in [2.45, 2.75) is 41.0 Å². The van der Waals surface area contributed by atoms with Crippen molar-refractivity contribution in [3.63, 3.8) is 0 Å². The Kier molecular flexibility index (Phi) is 4.33. The number of nitrogens with one attached hydrogen (secondary N) is 1. The fourth-order valence-corrected chi connectivity index (χ4v) is 1.76. The van der Waals surface area contributed by atoms with E-state index in [0.29, 0.717) is 5.56 Å². The number of hydrogen-bond donors (Lipinski definition) is 1. The third kappa shape index (κ3) is 4.02. The lowest BCUT2D eigenvalue weighted by atomic mass is 9.92. The predicted octanol–water partition coefficient (Wildman–Crippen LogP) is 4.06. The lowest BCUT2D eigenvalue weighted by Crippen LogP contribution is -2.13. The normalized spacial score (nSPS) is 11.4. The summed E-state index contributed by atoms with van der Waals surface area (Å²) in [6.07, 6.45) is 1.06. The van der Waals surface area contributed by atoms with Crippen LogP contribution in [0.3, 0.4) is 0 Å². The molecular formula is C14H22N2O2. The Labute approximate surface area is 109 Å². The minimum atomic E-state index is -0.332. The Morgan fingerprint density at radius 2 is 1.83 bits per heavy atom. The average molecular weight is 250 g/mol. The van der Waals surface area contributed by atoms with Gasteiger partial charge in [-0.1, -0.05) is 20.8 Å². The van der Waals surface area contributed by atoms with Gasteiger partial charge >= 0.3 is 0 Å². The van der Waals surface area contributed by atoms with Crippen molar-refractivity contribution in [2.75, 3.05) is 11.9 Å². The molecule has 0 atom stereocenters. The smallest absolute Gasteiger partial charge is 0.272 e. The number of anilines is 1. The highest BCUT2D eigenvalue weighted by Gasteiger charge is 2.14. The zero-order valence-corrected chi connectivity index (χ0v) is 11.8. The van der Waals surface area contributed by atoms with Gasteiger partial charge in [-0.3, -0.25) is 10.1 Å². The number of hydrogen-bond acceptors (Lipinski definition) is 3. The molecule has 1 aromatic carbocycles. The van der Waals surface area contributed by atoms with Gasteiger partial charge in [0.2, 0.25) is 0 Å². The van der Waals surface area contributed by atoms with Crippen molar-refractivity contribution in [3.8, 4) is 0 Å². The largest absolute Gasteiger partial charge is 0.385 e. The second-order valence-corrected chi connectivity index (χ2v) is 5.95. The van der Waals surface area contributed by atoms with E-state index in [9.17, 15) is 10.1 Å². The Hall–Kier alpha value is -1.58. The summed E-state index contributed by atoms with van der Waals surface area (Å²) < 4.78 is 0. The van der Waals surface area contributed by atoms with Crippen LogP contribution in [0, 0.1) is 29.4 Å². The van der Waals surface area contributed by atoms with Gasteiger partial charge in [0.25, 0.3) is 5.69 Å². The second-order valence-electron chi connectivity index (χ2n) is 5.95. The molecule has 0 heterocycles. The van der Waals surface area contributed by atoms with Crippen LogP contribution in [-0.4, -0.2) is 11.5 Å². The summed E-state index contributed by atoms with van der Waals surface area (Å²) in [6.45, 7) is 11.1. The van der Waals surface area contributed by atoms with Crippen LogP contribution in [0.2, 0.25) is 0 Å². The molecule has 100 valence electrons. The molecule has 0 saturated carbocycles. The van der Waals surface area contributed by atoms with E-state index in [1.165, 1.54) is 0 Å². The number of benzene rings is 1. The summed E-state index contributed by atoms with van der Waals surface area (Å²) in [5.74, 6) is 0. The highest BCUT2D eigenvalue weighted by atomic mass is 16.6. The molecule has 0 amide bonds. The van der Waals surface area contributed by atoms with Crippen LogP contribution in [0.1, 0.15) is 38.3 Å². The maximum atomic E-state index is 10.8. The Bertz CT molecular complexity index is 448. The highest BCUT2D eigenvalue weighted by molar-refractivity contribution is 5.59. The molecule has 0 saturated heterocycles. The lowest BCUT2D eigenvalue weighted by molar-refractivity contribution is -0.385. The molecule has 1 N–H and O–H groups in total. The van der Waals surface area contributed by atoms with E-state index in [-0.39, 0.29) is 16.0 Å². The standard InChI is InChI=1S/C14H22N2O2/c1-10-9-13(16(17)18)11(2)8-12(10)15-7-6-14(3,4)5/h8-9,15H,6-7H2,1-5H3. The van der Waals surface area contributed by atoms with Crippen LogP contribution < -0.4 is 5.32 Å². The first kappa shape index (κ1) is 14.5. The van der Waals surface area contributed by atoms with Crippen LogP contribution >= 0.6 is 0 Å². The summed E-state index contributed by atoms with van der Waals surface area (Å²) >= 11 is 0. The van der Waals surface area contributed by atoms with E-state index in [2.05, 4.69) is 26.1 Å². The SMILES string of the molecule is Cc1cc([N+](=O)[O-])c(C)cc1NCCC(C)(C)C. The molecule has 18 heavy (non-hydrogen) atoms. The summed E-state index contributed by atoms with van der Waals surface area (Å²) in [5, 5.41) is 14.2. The molecule has 1 aromatic rings. The minimum absolute atomic E-state index is 0.189. The fraction of sp³-hybridized carbons (Fsp3) is 0.571. The van der Waals surface area contributed by atoms with E-state index in [1.54, 1.807) is 13.0 Å². The molecule has 0 aliphatic carbocycles. The van der Waals surface area contributed by atoms with Crippen LogP contribution in [0.15, 0.2) is 12.1 Å². The average Bonchev–Trinajstić information content (AvgIpc) is 2.20. The van der Waals surface area contributed by atoms with Gasteiger partial charge in [0.05, 0.1) is 4.92 Å². The van der Waals surface area contributed by atoms with Gasteiger partial charge in [0.15, 0.2) is 0 Å². The van der Waals surface area contributed by atoms with Gasteiger partial charge in [0.1, 0.15) is 0 Å². The van der Waals surface area contributed by atoms with Gasteiger partial charge in [0, 0.05) is 23.9 Å². The van der Waals surface area contributed by atoms with Crippen molar-refractivity contribution in [1.29, 1.82) is 0 Å². The molecule has 0 spiro atoms. The number of aryl methyl sites for hydroxylation is 2. The van der Waals surface area contributed by atoms with Crippen LogP contribution in [-0.2, 0) is 0 Å².